The molecule has 1 rings (SSSR count). The van der Waals surface area contributed by atoms with Crippen molar-refractivity contribution in [1.29, 1.82) is 0 Å². The van der Waals surface area contributed by atoms with E-state index in [1.54, 1.807) is 0 Å². The first-order chi connectivity index (χ1) is 8.70. The number of carbonyl (C=O) groups excluding carboxylic acids is 1. The maximum absolute atomic E-state index is 11.9. The van der Waals surface area contributed by atoms with Crippen molar-refractivity contribution in [2.24, 2.45) is 11.3 Å². The van der Waals surface area contributed by atoms with Gasteiger partial charge >= 0.3 is 5.97 Å². The summed E-state index contributed by atoms with van der Waals surface area (Å²) in [6.45, 7) is 8.26. The van der Waals surface area contributed by atoms with Crippen molar-refractivity contribution in [2.45, 2.75) is 34.1 Å². The van der Waals surface area contributed by atoms with Crippen molar-refractivity contribution < 1.29 is 14.7 Å². The molecule has 1 atom stereocenters. The number of carbonyl (C=O) groups is 2. The lowest BCUT2D eigenvalue weighted by Crippen LogP contribution is -2.24. The molecule has 5 heteroatoms. The van der Waals surface area contributed by atoms with Crippen molar-refractivity contribution in [3.8, 4) is 0 Å². The average Bonchev–Trinajstić information content (AvgIpc) is 2.27. The van der Waals surface area contributed by atoms with E-state index in [9.17, 15) is 9.59 Å². The van der Waals surface area contributed by atoms with Crippen LogP contribution in [-0.4, -0.2) is 22.0 Å². The molecule has 0 spiro atoms. The minimum Gasteiger partial charge on any atom is -0.478 e. The topological polar surface area (TPSA) is 79.3 Å². The van der Waals surface area contributed by atoms with E-state index in [0.717, 1.165) is 0 Å². The second kappa shape index (κ2) is 5.82. The standard InChI is InChI=1S/C14H20N2O3/c1-9(14(2,3)4)5-12(17)16-11-6-10(13(18)19)7-15-8-11/h6-9H,5H2,1-4H3,(H,16,17)(H,18,19). The van der Waals surface area contributed by atoms with Gasteiger partial charge in [-0.05, 0) is 17.4 Å². The van der Waals surface area contributed by atoms with Crippen LogP contribution in [0.1, 0.15) is 44.5 Å². The van der Waals surface area contributed by atoms with Crippen LogP contribution < -0.4 is 5.32 Å². The highest BCUT2D eigenvalue weighted by atomic mass is 16.4. The molecule has 0 aliphatic carbocycles. The third-order valence-electron chi connectivity index (χ3n) is 3.24. The third-order valence-corrected chi connectivity index (χ3v) is 3.24. The van der Waals surface area contributed by atoms with Gasteiger partial charge in [0.15, 0.2) is 0 Å². The molecule has 0 aromatic carbocycles. The number of amides is 1. The summed E-state index contributed by atoms with van der Waals surface area (Å²) in [6, 6.07) is 1.40. The molecular formula is C14H20N2O3. The molecule has 0 radical (unpaired) electrons. The number of hydrogen-bond donors (Lipinski definition) is 2. The first kappa shape index (κ1) is 15.1. The van der Waals surface area contributed by atoms with Crippen molar-refractivity contribution in [1.82, 2.24) is 4.98 Å². The lowest BCUT2D eigenvalue weighted by molar-refractivity contribution is -0.117. The van der Waals surface area contributed by atoms with Gasteiger partial charge in [0.05, 0.1) is 17.4 Å². The number of hydrogen-bond acceptors (Lipinski definition) is 3. The predicted molar refractivity (Wildman–Crippen MR) is 73.1 cm³/mol. The molecule has 104 valence electrons. The summed E-state index contributed by atoms with van der Waals surface area (Å²) < 4.78 is 0. The highest BCUT2D eigenvalue weighted by Crippen LogP contribution is 2.28. The maximum atomic E-state index is 11.9. The smallest absolute Gasteiger partial charge is 0.337 e. The van der Waals surface area contributed by atoms with Gasteiger partial charge in [0.2, 0.25) is 5.91 Å². The number of carboxylic acid groups (broad SMARTS) is 1. The monoisotopic (exact) mass is 264 g/mol. The van der Waals surface area contributed by atoms with Crippen molar-refractivity contribution in [3.63, 3.8) is 0 Å². The van der Waals surface area contributed by atoms with Crippen LogP contribution in [0.2, 0.25) is 0 Å². The summed E-state index contributed by atoms with van der Waals surface area (Å²) in [6.07, 6.45) is 3.07. The van der Waals surface area contributed by atoms with Gasteiger partial charge in [-0.1, -0.05) is 27.7 Å². The van der Waals surface area contributed by atoms with Crippen LogP contribution in [0, 0.1) is 11.3 Å². The van der Waals surface area contributed by atoms with Crippen LogP contribution in [0.15, 0.2) is 18.5 Å². The molecule has 1 amide bonds. The lowest BCUT2D eigenvalue weighted by atomic mass is 9.80. The zero-order valence-electron chi connectivity index (χ0n) is 11.7. The number of nitrogens with one attached hydrogen (secondary N) is 1. The molecular weight excluding hydrogens is 244 g/mol. The fraction of sp³-hybridized carbons (Fsp3) is 0.500. The minimum absolute atomic E-state index is 0.0541. The molecule has 0 aliphatic rings. The Kier molecular flexibility index (Phi) is 4.64. The van der Waals surface area contributed by atoms with E-state index in [1.165, 1.54) is 18.5 Å². The van der Waals surface area contributed by atoms with Gasteiger partial charge in [-0.3, -0.25) is 9.78 Å². The summed E-state index contributed by atoms with van der Waals surface area (Å²) in [4.78, 5) is 26.5. The summed E-state index contributed by atoms with van der Waals surface area (Å²) in [5.74, 6) is -0.971. The average molecular weight is 264 g/mol. The van der Waals surface area contributed by atoms with Crippen molar-refractivity contribution >= 4 is 17.6 Å². The van der Waals surface area contributed by atoms with Gasteiger partial charge in [-0.25, -0.2) is 4.79 Å². The highest BCUT2D eigenvalue weighted by molar-refractivity contribution is 5.93. The SMILES string of the molecule is CC(CC(=O)Nc1cncc(C(=O)O)c1)C(C)(C)C. The van der Waals surface area contributed by atoms with Crippen LogP contribution in [0.4, 0.5) is 5.69 Å². The first-order valence-electron chi connectivity index (χ1n) is 6.18. The summed E-state index contributed by atoms with van der Waals surface area (Å²) >= 11 is 0. The van der Waals surface area contributed by atoms with E-state index < -0.39 is 5.97 Å². The van der Waals surface area contributed by atoms with E-state index in [2.05, 4.69) is 31.1 Å². The third kappa shape index (κ3) is 4.69. The zero-order valence-corrected chi connectivity index (χ0v) is 11.7. The van der Waals surface area contributed by atoms with Gasteiger partial charge in [0.25, 0.3) is 0 Å². The van der Waals surface area contributed by atoms with Crippen LogP contribution in [-0.2, 0) is 4.79 Å². The molecule has 0 fully saturated rings. The Hall–Kier alpha value is -1.91. The van der Waals surface area contributed by atoms with Crippen molar-refractivity contribution in [2.75, 3.05) is 5.32 Å². The number of pyridine rings is 1. The Balaban J connectivity index is 2.67. The minimum atomic E-state index is -1.06. The molecule has 2 N–H and O–H groups in total. The van der Waals surface area contributed by atoms with Crippen LogP contribution in [0.5, 0.6) is 0 Å². The summed E-state index contributed by atoms with van der Waals surface area (Å²) in [5.41, 5.74) is 0.520. The van der Waals surface area contributed by atoms with Gasteiger partial charge < -0.3 is 10.4 Å². The van der Waals surface area contributed by atoms with E-state index in [4.69, 9.17) is 5.11 Å². The second-order valence-corrected chi connectivity index (χ2v) is 5.79. The number of aromatic carboxylic acids is 1. The largest absolute Gasteiger partial charge is 0.478 e. The molecule has 1 heterocycles. The molecule has 0 saturated heterocycles. The molecule has 0 saturated carbocycles. The Morgan fingerprint density at radius 2 is 2.00 bits per heavy atom. The number of anilines is 1. The lowest BCUT2D eigenvalue weighted by Gasteiger charge is -2.26. The molecule has 5 nitrogen and oxygen atoms in total. The van der Waals surface area contributed by atoms with Gasteiger partial charge in [-0.2, -0.15) is 0 Å². The Bertz CT molecular complexity index is 478. The number of carboxylic acids is 1. The normalized spacial score (nSPS) is 12.8. The molecule has 1 aromatic heterocycles. The maximum Gasteiger partial charge on any atom is 0.337 e. The quantitative estimate of drug-likeness (QED) is 0.876. The Labute approximate surface area is 113 Å². The van der Waals surface area contributed by atoms with Crippen LogP contribution in [0.25, 0.3) is 0 Å². The van der Waals surface area contributed by atoms with Gasteiger partial charge in [0.1, 0.15) is 0 Å². The zero-order chi connectivity index (χ0) is 14.6. The highest BCUT2D eigenvalue weighted by Gasteiger charge is 2.22. The van der Waals surface area contributed by atoms with E-state index >= 15 is 0 Å². The summed E-state index contributed by atoms with van der Waals surface area (Å²) in [7, 11) is 0. The van der Waals surface area contributed by atoms with Gasteiger partial charge in [-0.15, -0.1) is 0 Å². The fourth-order valence-corrected chi connectivity index (χ4v) is 1.42. The molecule has 0 bridgehead atoms. The molecule has 0 aliphatic heterocycles. The number of rotatable bonds is 4. The van der Waals surface area contributed by atoms with E-state index in [-0.39, 0.29) is 22.8 Å². The Morgan fingerprint density at radius 1 is 1.37 bits per heavy atom. The molecule has 1 unspecified atom stereocenters. The van der Waals surface area contributed by atoms with Crippen LogP contribution in [0.3, 0.4) is 0 Å². The number of aromatic nitrogens is 1. The van der Waals surface area contributed by atoms with Crippen LogP contribution >= 0.6 is 0 Å². The van der Waals surface area contributed by atoms with Crippen molar-refractivity contribution in [3.05, 3.63) is 24.0 Å². The van der Waals surface area contributed by atoms with E-state index in [1.807, 2.05) is 6.92 Å². The Morgan fingerprint density at radius 3 is 2.53 bits per heavy atom. The molecule has 19 heavy (non-hydrogen) atoms. The van der Waals surface area contributed by atoms with Gasteiger partial charge in [0, 0.05) is 12.6 Å². The second-order valence-electron chi connectivity index (χ2n) is 5.79. The number of nitrogens with zero attached hydrogens (tertiary/aromatic N) is 1. The van der Waals surface area contributed by atoms with E-state index in [0.29, 0.717) is 12.1 Å². The molecule has 1 aromatic rings. The summed E-state index contributed by atoms with van der Waals surface area (Å²) in [5, 5.41) is 11.5. The fourth-order valence-electron chi connectivity index (χ4n) is 1.42. The first-order valence-corrected chi connectivity index (χ1v) is 6.18. The predicted octanol–water partition coefficient (Wildman–Crippen LogP) is 2.79.